The van der Waals surface area contributed by atoms with Crippen LogP contribution in [0.4, 0.5) is 11.4 Å². The van der Waals surface area contributed by atoms with Crippen molar-refractivity contribution in [2.75, 3.05) is 0 Å². The lowest BCUT2D eigenvalue weighted by atomic mass is 10.0. The van der Waals surface area contributed by atoms with E-state index in [1.54, 1.807) is 0 Å². The van der Waals surface area contributed by atoms with Crippen LogP contribution in [0, 0.1) is 13.8 Å². The van der Waals surface area contributed by atoms with E-state index in [0.29, 0.717) is 0 Å². The van der Waals surface area contributed by atoms with Crippen molar-refractivity contribution in [1.29, 1.82) is 0 Å². The molecule has 0 amide bonds. The van der Waals surface area contributed by atoms with Crippen LogP contribution in [0.3, 0.4) is 0 Å². The Morgan fingerprint density at radius 2 is 1.10 bits per heavy atom. The summed E-state index contributed by atoms with van der Waals surface area (Å²) in [5.74, 6) is 0. The van der Waals surface area contributed by atoms with Crippen molar-refractivity contribution in [3.05, 3.63) is 47.5 Å². The molecular weight excluding hydrogens is 295 g/mol. The molecule has 0 aliphatic carbocycles. The molecule has 0 fully saturated rings. The Kier molecular flexibility index (Phi) is 4.82. The molecule has 102 valence electrons. The van der Waals surface area contributed by atoms with Gasteiger partial charge in [0.05, 0.1) is 34.9 Å². The summed E-state index contributed by atoms with van der Waals surface area (Å²) < 4.78 is 6.55. The van der Waals surface area contributed by atoms with Crippen molar-refractivity contribution in [1.82, 2.24) is 0 Å². The van der Waals surface area contributed by atoms with Crippen LogP contribution in [0.15, 0.2) is 55.9 Å². The molecule has 0 heterocycles. The van der Waals surface area contributed by atoms with Gasteiger partial charge in [-0.2, -0.15) is 0 Å². The summed E-state index contributed by atoms with van der Waals surface area (Å²) in [6.07, 6.45) is 0. The van der Waals surface area contributed by atoms with Crippen molar-refractivity contribution in [3.63, 3.8) is 0 Å². The van der Waals surface area contributed by atoms with E-state index < -0.39 is 0 Å². The second-order valence-corrected chi connectivity index (χ2v) is 4.66. The van der Waals surface area contributed by atoms with E-state index in [1.165, 1.54) is 0 Å². The van der Waals surface area contributed by atoms with Gasteiger partial charge < -0.3 is 0 Å². The third-order valence-corrected chi connectivity index (χ3v) is 3.17. The first kappa shape index (κ1) is 14.6. The number of rotatable bonds is 3. The maximum atomic E-state index is 5.26. The lowest BCUT2D eigenvalue weighted by molar-refractivity contribution is 1.27. The maximum absolute atomic E-state index is 5.26. The average Bonchev–Trinajstić information content (AvgIpc) is 2.44. The molecule has 0 unspecified atom stereocenters. The fourth-order valence-electron chi connectivity index (χ4n) is 1.98. The van der Waals surface area contributed by atoms with Crippen molar-refractivity contribution in [3.8, 4) is 11.1 Å². The lowest BCUT2D eigenvalue weighted by Gasteiger charge is -2.07. The van der Waals surface area contributed by atoms with Crippen LogP contribution in [0.1, 0.15) is 11.1 Å². The molecule has 2 aromatic carbocycles. The molecule has 0 radical (unpaired) electrons. The van der Waals surface area contributed by atoms with E-state index in [-0.39, 0.29) is 0 Å². The van der Waals surface area contributed by atoms with E-state index in [0.717, 1.165) is 33.6 Å². The van der Waals surface area contributed by atoms with Crippen LogP contribution in [-0.2, 0) is 0 Å². The normalized spacial score (nSPS) is 11.6. The SMILES string of the molecule is Cc1cc(-c2ccc(N=NCl)c(C)c2)ccc1N=NCl. The smallest absolute Gasteiger partial charge is 0.0897 e. The van der Waals surface area contributed by atoms with Crippen molar-refractivity contribution >= 4 is 34.9 Å². The number of hydrogen-bond donors (Lipinski definition) is 0. The average molecular weight is 307 g/mol. The van der Waals surface area contributed by atoms with Crippen molar-refractivity contribution in [2.24, 2.45) is 19.5 Å². The Balaban J connectivity index is 2.42. The molecule has 4 nitrogen and oxygen atoms in total. The Morgan fingerprint density at radius 3 is 1.40 bits per heavy atom. The Labute approximate surface area is 127 Å². The molecule has 6 heteroatoms. The predicted octanol–water partition coefficient (Wildman–Crippen LogP) is 6.45. The fourth-order valence-corrected chi connectivity index (χ4v) is 2.14. The molecule has 0 spiro atoms. The third-order valence-electron chi connectivity index (χ3n) is 3.02. The second-order valence-electron chi connectivity index (χ2n) is 4.35. The molecule has 0 bridgehead atoms. The Morgan fingerprint density at radius 1 is 0.700 bits per heavy atom. The molecule has 0 aliphatic rings. The Hall–Kier alpha value is -1.78. The van der Waals surface area contributed by atoms with Crippen LogP contribution >= 0.6 is 23.6 Å². The number of halogens is 2. The molecule has 0 saturated heterocycles. The summed E-state index contributed by atoms with van der Waals surface area (Å²) in [4.78, 5) is 0. The molecule has 0 saturated carbocycles. The summed E-state index contributed by atoms with van der Waals surface area (Å²) in [5.41, 5.74) is 5.71. The summed E-state index contributed by atoms with van der Waals surface area (Å²) in [6, 6.07) is 11.8. The van der Waals surface area contributed by atoms with Gasteiger partial charge in [0.15, 0.2) is 0 Å². The van der Waals surface area contributed by atoms with Gasteiger partial charge >= 0.3 is 0 Å². The van der Waals surface area contributed by atoms with Gasteiger partial charge in [-0.05, 0) is 60.4 Å². The zero-order chi connectivity index (χ0) is 14.5. The predicted molar refractivity (Wildman–Crippen MR) is 82.1 cm³/mol. The molecule has 2 aromatic rings. The number of benzene rings is 2. The first-order valence-electron chi connectivity index (χ1n) is 5.91. The molecule has 20 heavy (non-hydrogen) atoms. The fraction of sp³-hybridized carbons (Fsp3) is 0.143. The van der Waals surface area contributed by atoms with E-state index in [4.69, 9.17) is 23.6 Å². The summed E-state index contributed by atoms with van der Waals surface area (Å²) >= 11 is 10.5. The molecule has 0 aliphatic heterocycles. The van der Waals surface area contributed by atoms with Crippen LogP contribution in [0.2, 0.25) is 0 Å². The lowest BCUT2D eigenvalue weighted by Crippen LogP contribution is -1.82. The third kappa shape index (κ3) is 3.21. The number of nitrogens with zero attached hydrogens (tertiary/aromatic N) is 4. The van der Waals surface area contributed by atoms with Gasteiger partial charge in [0, 0.05) is 0 Å². The zero-order valence-corrected chi connectivity index (χ0v) is 12.5. The molecular formula is C14H12Cl2N4. The highest BCUT2D eigenvalue weighted by molar-refractivity contribution is 6.14. The largest absolute Gasteiger partial charge is 0.138 e. The minimum absolute atomic E-state index is 0.757. The monoisotopic (exact) mass is 306 g/mol. The van der Waals surface area contributed by atoms with Crippen LogP contribution in [0.5, 0.6) is 0 Å². The first-order chi connectivity index (χ1) is 9.65. The maximum Gasteiger partial charge on any atom is 0.0897 e. The van der Waals surface area contributed by atoms with Crippen LogP contribution in [-0.4, -0.2) is 0 Å². The summed E-state index contributed by atoms with van der Waals surface area (Å²) in [5, 5.41) is 7.69. The van der Waals surface area contributed by atoms with Gasteiger partial charge in [-0.25, -0.2) is 0 Å². The minimum atomic E-state index is 0.757. The van der Waals surface area contributed by atoms with E-state index in [9.17, 15) is 0 Å². The topological polar surface area (TPSA) is 49.4 Å². The molecule has 0 atom stereocenters. The minimum Gasteiger partial charge on any atom is -0.138 e. The van der Waals surface area contributed by atoms with Gasteiger partial charge in [-0.3, -0.25) is 0 Å². The van der Waals surface area contributed by atoms with Gasteiger partial charge in [0.1, 0.15) is 0 Å². The number of aryl methyl sites for hydroxylation is 2. The quantitative estimate of drug-likeness (QED) is 0.585. The molecule has 0 N–H and O–H groups in total. The van der Waals surface area contributed by atoms with Crippen molar-refractivity contribution < 1.29 is 0 Å². The highest BCUT2D eigenvalue weighted by Crippen LogP contribution is 2.30. The van der Waals surface area contributed by atoms with Crippen molar-refractivity contribution in [2.45, 2.75) is 13.8 Å². The van der Waals surface area contributed by atoms with E-state index >= 15 is 0 Å². The first-order valence-corrected chi connectivity index (χ1v) is 6.59. The highest BCUT2D eigenvalue weighted by atomic mass is 35.5. The molecule has 0 aromatic heterocycles. The van der Waals surface area contributed by atoms with Crippen LogP contribution in [0.25, 0.3) is 11.1 Å². The van der Waals surface area contributed by atoms with Gasteiger partial charge in [0.2, 0.25) is 0 Å². The standard InChI is InChI=1S/C14H12Cl2N4/c1-9-7-11(3-5-13(9)17-19-15)12-4-6-14(18-20-16)10(2)8-12/h3-8H,1-2H3. The Bertz CT molecular complexity index is 621. The van der Waals surface area contributed by atoms with Gasteiger partial charge in [0.25, 0.3) is 0 Å². The van der Waals surface area contributed by atoms with E-state index in [2.05, 4.69) is 19.5 Å². The van der Waals surface area contributed by atoms with Gasteiger partial charge in [-0.15, -0.1) is 10.2 Å². The number of hydrogen-bond acceptors (Lipinski definition) is 4. The van der Waals surface area contributed by atoms with E-state index in [1.807, 2.05) is 50.2 Å². The zero-order valence-electron chi connectivity index (χ0n) is 11.0. The molecule has 2 rings (SSSR count). The van der Waals surface area contributed by atoms with Gasteiger partial charge in [-0.1, -0.05) is 21.4 Å². The summed E-state index contributed by atoms with van der Waals surface area (Å²) in [7, 11) is 0. The summed E-state index contributed by atoms with van der Waals surface area (Å²) in [6.45, 7) is 3.93. The second kappa shape index (κ2) is 6.59. The highest BCUT2D eigenvalue weighted by Gasteiger charge is 2.04. The van der Waals surface area contributed by atoms with Crippen LogP contribution < -0.4 is 0 Å².